The standard InChI is InChI=1S/C24H19FN6O2S/c25-16-4-3-13(17-10-19(23(32)31-30-17)28-21-5-6-26-11-27-21)8-18(16)29-24(33)20-9-15-12-1-2-14(7-12)22(15)34-20/h3-6,8-12,14H,1-2,7H2,(H,29,33)(H,31,32)(H,26,27,28,30)/t12?,14-/m1/s1. The molecule has 4 aromatic rings. The van der Waals surface area contributed by atoms with Gasteiger partial charge in [-0.25, -0.2) is 19.5 Å². The molecule has 1 amide bonds. The summed E-state index contributed by atoms with van der Waals surface area (Å²) >= 11 is 1.52. The molecule has 2 aliphatic carbocycles. The maximum atomic E-state index is 14.6. The molecule has 1 saturated carbocycles. The van der Waals surface area contributed by atoms with Gasteiger partial charge in [-0.05, 0) is 73.1 Å². The Labute approximate surface area is 197 Å². The molecule has 2 aliphatic rings. The van der Waals surface area contributed by atoms with Crippen LogP contribution >= 0.6 is 11.3 Å². The van der Waals surface area contributed by atoms with Crippen LogP contribution in [0, 0.1) is 5.82 Å². The molecular weight excluding hydrogens is 455 g/mol. The maximum Gasteiger partial charge on any atom is 0.287 e. The zero-order valence-corrected chi connectivity index (χ0v) is 18.7. The van der Waals surface area contributed by atoms with Crippen molar-refractivity contribution >= 4 is 34.4 Å². The van der Waals surface area contributed by atoms with E-state index in [9.17, 15) is 14.0 Å². The lowest BCUT2D eigenvalue weighted by atomic mass is 9.99. The van der Waals surface area contributed by atoms with Crippen molar-refractivity contribution in [2.45, 2.75) is 31.1 Å². The summed E-state index contributed by atoms with van der Waals surface area (Å²) in [5.41, 5.74) is 2.07. The quantitative estimate of drug-likeness (QED) is 0.383. The number of amides is 1. The van der Waals surface area contributed by atoms with Crippen LogP contribution in [0.4, 0.5) is 21.6 Å². The molecule has 8 nitrogen and oxygen atoms in total. The first-order chi connectivity index (χ1) is 16.5. The Bertz CT molecular complexity index is 1440. The number of nitrogens with one attached hydrogen (secondary N) is 3. The van der Waals surface area contributed by atoms with Crippen LogP contribution < -0.4 is 16.2 Å². The summed E-state index contributed by atoms with van der Waals surface area (Å²) in [6.45, 7) is 0. The monoisotopic (exact) mass is 474 g/mol. The van der Waals surface area contributed by atoms with Gasteiger partial charge in [0.15, 0.2) is 0 Å². The number of halogens is 1. The van der Waals surface area contributed by atoms with Crippen molar-refractivity contribution in [3.8, 4) is 11.3 Å². The van der Waals surface area contributed by atoms with Crippen LogP contribution in [0.3, 0.4) is 0 Å². The first-order valence-electron chi connectivity index (χ1n) is 10.9. The highest BCUT2D eigenvalue weighted by molar-refractivity contribution is 7.14. The highest BCUT2D eigenvalue weighted by Gasteiger charge is 2.39. The van der Waals surface area contributed by atoms with Gasteiger partial charge in [-0.3, -0.25) is 9.59 Å². The van der Waals surface area contributed by atoms with Gasteiger partial charge in [-0.15, -0.1) is 11.3 Å². The van der Waals surface area contributed by atoms with E-state index in [2.05, 4.69) is 30.8 Å². The van der Waals surface area contributed by atoms with Gasteiger partial charge in [0.25, 0.3) is 11.5 Å². The number of hydrogen-bond acceptors (Lipinski definition) is 7. The third kappa shape index (κ3) is 3.65. The number of fused-ring (bicyclic) bond motifs is 5. The normalized spacial score (nSPS) is 18.0. The third-order valence-corrected chi connectivity index (χ3v) is 7.73. The van der Waals surface area contributed by atoms with Crippen LogP contribution in [0.25, 0.3) is 11.3 Å². The summed E-state index contributed by atoms with van der Waals surface area (Å²) in [6, 6.07) is 9.44. The predicted molar refractivity (Wildman–Crippen MR) is 127 cm³/mol. The fourth-order valence-electron chi connectivity index (χ4n) is 4.78. The second-order valence-corrected chi connectivity index (χ2v) is 9.59. The summed E-state index contributed by atoms with van der Waals surface area (Å²) in [5.74, 6) is 0.707. The summed E-state index contributed by atoms with van der Waals surface area (Å²) in [6.07, 6.45) is 6.48. The van der Waals surface area contributed by atoms with E-state index in [4.69, 9.17) is 0 Å². The molecule has 0 aliphatic heterocycles. The van der Waals surface area contributed by atoms with Crippen molar-refractivity contribution < 1.29 is 9.18 Å². The molecule has 3 aromatic heterocycles. The first kappa shape index (κ1) is 20.7. The second kappa shape index (κ2) is 8.14. The zero-order valence-electron chi connectivity index (χ0n) is 17.8. The van der Waals surface area contributed by atoms with E-state index >= 15 is 0 Å². The average molecular weight is 475 g/mol. The zero-order chi connectivity index (χ0) is 23.2. The van der Waals surface area contributed by atoms with Gasteiger partial charge < -0.3 is 10.6 Å². The number of rotatable bonds is 5. The van der Waals surface area contributed by atoms with Crippen LogP contribution in [-0.2, 0) is 0 Å². The number of carbonyl (C=O) groups excluding carboxylic acids is 1. The Morgan fingerprint density at radius 1 is 1.12 bits per heavy atom. The van der Waals surface area contributed by atoms with Crippen LogP contribution in [0.2, 0.25) is 0 Å². The summed E-state index contributed by atoms with van der Waals surface area (Å²) in [7, 11) is 0. The number of aromatic amines is 1. The van der Waals surface area contributed by atoms with Gasteiger partial charge in [0.2, 0.25) is 0 Å². The van der Waals surface area contributed by atoms with E-state index in [1.165, 1.54) is 65.6 Å². The van der Waals surface area contributed by atoms with E-state index < -0.39 is 11.4 Å². The van der Waals surface area contributed by atoms with Gasteiger partial charge in [-0.2, -0.15) is 5.10 Å². The molecule has 1 fully saturated rings. The van der Waals surface area contributed by atoms with Gasteiger partial charge in [-0.1, -0.05) is 0 Å². The molecule has 1 aromatic carbocycles. The lowest BCUT2D eigenvalue weighted by molar-refractivity contribution is 0.103. The lowest BCUT2D eigenvalue weighted by Gasteiger charge is -2.09. The number of benzene rings is 1. The molecule has 3 N–H and O–H groups in total. The fourth-order valence-corrected chi connectivity index (χ4v) is 6.08. The van der Waals surface area contributed by atoms with Crippen LogP contribution in [0.15, 0.2) is 53.7 Å². The maximum absolute atomic E-state index is 14.6. The van der Waals surface area contributed by atoms with E-state index in [0.717, 1.165) is 0 Å². The minimum atomic E-state index is -0.551. The van der Waals surface area contributed by atoms with Crippen molar-refractivity contribution in [2.75, 3.05) is 10.6 Å². The van der Waals surface area contributed by atoms with Crippen LogP contribution in [0.5, 0.6) is 0 Å². The molecule has 1 unspecified atom stereocenters. The van der Waals surface area contributed by atoms with Crippen LogP contribution in [0.1, 0.15) is 51.2 Å². The predicted octanol–water partition coefficient (Wildman–Crippen LogP) is 4.79. The molecule has 10 heteroatoms. The highest BCUT2D eigenvalue weighted by Crippen LogP contribution is 2.55. The number of aromatic nitrogens is 4. The minimum absolute atomic E-state index is 0.0531. The smallest absolute Gasteiger partial charge is 0.287 e. The summed E-state index contributed by atoms with van der Waals surface area (Å²) < 4.78 is 14.6. The molecule has 170 valence electrons. The molecule has 34 heavy (non-hydrogen) atoms. The Balaban J connectivity index is 1.26. The number of anilines is 3. The summed E-state index contributed by atoms with van der Waals surface area (Å²) in [4.78, 5) is 34.9. The fraction of sp³-hybridized carbons (Fsp3) is 0.208. The van der Waals surface area contributed by atoms with Crippen molar-refractivity contribution in [1.29, 1.82) is 0 Å². The Morgan fingerprint density at radius 2 is 2.00 bits per heavy atom. The molecule has 0 saturated heterocycles. The molecule has 0 radical (unpaired) electrons. The number of H-pyrrole nitrogens is 1. The molecule has 2 atom stereocenters. The molecular formula is C24H19FN6O2S. The average Bonchev–Trinajstić information content (AvgIpc) is 3.57. The molecule has 6 rings (SSSR count). The Morgan fingerprint density at radius 3 is 2.82 bits per heavy atom. The Kier molecular flexibility index (Phi) is 4.95. The van der Waals surface area contributed by atoms with Gasteiger partial charge >= 0.3 is 0 Å². The van der Waals surface area contributed by atoms with Crippen molar-refractivity contribution in [3.05, 3.63) is 80.4 Å². The Hall–Kier alpha value is -3.92. The second-order valence-electron chi connectivity index (χ2n) is 8.50. The summed E-state index contributed by atoms with van der Waals surface area (Å²) in [5, 5.41) is 12.1. The van der Waals surface area contributed by atoms with E-state index in [-0.39, 0.29) is 17.3 Å². The van der Waals surface area contributed by atoms with E-state index in [1.54, 1.807) is 18.3 Å². The number of nitrogens with zero attached hydrogens (tertiary/aromatic N) is 3. The SMILES string of the molecule is O=C(Nc1cc(-c2cc(Nc3ccncn3)c(=O)[nH]n2)ccc1F)c1cc2c(s1)[C@@H]1CCC2C1. The highest BCUT2D eigenvalue weighted by atomic mass is 32.1. The van der Waals surface area contributed by atoms with Crippen molar-refractivity contribution in [1.82, 2.24) is 20.2 Å². The molecule has 2 bridgehead atoms. The largest absolute Gasteiger partial charge is 0.336 e. The first-order valence-corrected chi connectivity index (χ1v) is 11.7. The third-order valence-electron chi connectivity index (χ3n) is 6.42. The van der Waals surface area contributed by atoms with Crippen molar-refractivity contribution in [3.63, 3.8) is 0 Å². The number of thiophene rings is 1. The number of hydrogen-bond donors (Lipinski definition) is 3. The van der Waals surface area contributed by atoms with E-state index in [1.807, 2.05) is 6.07 Å². The van der Waals surface area contributed by atoms with Gasteiger partial charge in [0.1, 0.15) is 23.6 Å². The molecule has 0 spiro atoms. The van der Waals surface area contributed by atoms with Gasteiger partial charge in [0.05, 0.1) is 16.3 Å². The lowest BCUT2D eigenvalue weighted by Crippen LogP contribution is -2.14. The van der Waals surface area contributed by atoms with Gasteiger partial charge in [0, 0.05) is 16.6 Å². The topological polar surface area (TPSA) is 113 Å². The van der Waals surface area contributed by atoms with Crippen LogP contribution in [-0.4, -0.2) is 26.1 Å². The van der Waals surface area contributed by atoms with Crippen molar-refractivity contribution in [2.24, 2.45) is 0 Å². The number of carbonyl (C=O) groups is 1. The minimum Gasteiger partial charge on any atom is -0.336 e. The van der Waals surface area contributed by atoms with E-state index in [0.29, 0.717) is 33.8 Å². The molecule has 3 heterocycles.